The molecule has 0 bridgehead atoms. The average Bonchev–Trinajstić information content (AvgIpc) is 2.30. The van der Waals surface area contributed by atoms with Crippen LogP contribution in [-0.4, -0.2) is 26.5 Å². The summed E-state index contributed by atoms with van der Waals surface area (Å²) >= 11 is 0. The van der Waals surface area contributed by atoms with Crippen LogP contribution in [0.5, 0.6) is 0 Å². The van der Waals surface area contributed by atoms with E-state index in [1.165, 1.54) is 0 Å². The minimum absolute atomic E-state index is 0.580. The summed E-state index contributed by atoms with van der Waals surface area (Å²) in [7, 11) is 0. The van der Waals surface area contributed by atoms with Crippen molar-refractivity contribution in [3.8, 4) is 11.5 Å². The quantitative estimate of drug-likeness (QED) is 0.817. The molecule has 0 saturated heterocycles. The molecule has 2 aromatic heterocycles. The summed E-state index contributed by atoms with van der Waals surface area (Å²) in [6, 6.07) is 1.94. The number of nitrogens with two attached hydrogens (primary N) is 1. The van der Waals surface area contributed by atoms with Crippen molar-refractivity contribution in [2.75, 3.05) is 6.54 Å². The van der Waals surface area contributed by atoms with E-state index in [4.69, 9.17) is 5.73 Å². The van der Waals surface area contributed by atoms with Gasteiger partial charge in [0, 0.05) is 30.2 Å². The number of hydrogen-bond acceptors (Lipinski definition) is 5. The van der Waals surface area contributed by atoms with Crippen LogP contribution < -0.4 is 5.73 Å². The molecule has 2 rings (SSSR count). The normalized spacial score (nSPS) is 10.4. The van der Waals surface area contributed by atoms with Gasteiger partial charge in [-0.1, -0.05) is 0 Å². The van der Waals surface area contributed by atoms with Crippen LogP contribution in [0.15, 0.2) is 24.7 Å². The van der Waals surface area contributed by atoms with Gasteiger partial charge in [0.05, 0.1) is 6.20 Å². The summed E-state index contributed by atoms with van der Waals surface area (Å²) in [6.45, 7) is 2.51. The third kappa shape index (κ3) is 2.38. The lowest BCUT2D eigenvalue weighted by molar-refractivity contribution is 0.901. The van der Waals surface area contributed by atoms with Crippen molar-refractivity contribution in [1.29, 1.82) is 0 Å². The molecule has 0 atom stereocenters. The predicted molar refractivity (Wildman–Crippen MR) is 60.6 cm³/mol. The fourth-order valence-electron chi connectivity index (χ4n) is 1.44. The highest BCUT2D eigenvalue weighted by Gasteiger charge is 2.05. The van der Waals surface area contributed by atoms with E-state index in [2.05, 4.69) is 19.9 Å². The lowest BCUT2D eigenvalue weighted by Gasteiger charge is -2.03. The maximum atomic E-state index is 5.51. The van der Waals surface area contributed by atoms with Gasteiger partial charge in [-0.2, -0.15) is 0 Å². The standard InChI is InChI=1S/C11H13N5/c1-8-6-9(2-3-12)16-11(15-8)10-7-13-4-5-14-10/h4-7H,2-3,12H2,1H3. The first-order valence-electron chi connectivity index (χ1n) is 5.10. The second kappa shape index (κ2) is 4.76. The highest BCUT2D eigenvalue weighted by molar-refractivity contribution is 5.47. The van der Waals surface area contributed by atoms with Crippen LogP contribution in [0.3, 0.4) is 0 Å². The first-order valence-corrected chi connectivity index (χ1v) is 5.10. The Hall–Kier alpha value is -1.88. The van der Waals surface area contributed by atoms with E-state index in [-0.39, 0.29) is 0 Å². The number of rotatable bonds is 3. The van der Waals surface area contributed by atoms with Crippen molar-refractivity contribution in [3.05, 3.63) is 36.0 Å². The molecule has 16 heavy (non-hydrogen) atoms. The van der Waals surface area contributed by atoms with Crippen LogP contribution >= 0.6 is 0 Å². The van der Waals surface area contributed by atoms with Crippen molar-refractivity contribution in [2.24, 2.45) is 5.73 Å². The largest absolute Gasteiger partial charge is 0.330 e. The van der Waals surface area contributed by atoms with E-state index < -0.39 is 0 Å². The second-order valence-corrected chi connectivity index (χ2v) is 3.45. The lowest BCUT2D eigenvalue weighted by Crippen LogP contribution is -2.06. The third-order valence-electron chi connectivity index (χ3n) is 2.10. The fourth-order valence-corrected chi connectivity index (χ4v) is 1.44. The topological polar surface area (TPSA) is 77.6 Å². The van der Waals surface area contributed by atoms with Crippen LogP contribution in [0.1, 0.15) is 11.4 Å². The molecule has 0 saturated carbocycles. The van der Waals surface area contributed by atoms with E-state index in [0.29, 0.717) is 18.1 Å². The smallest absolute Gasteiger partial charge is 0.180 e. The molecule has 0 aliphatic carbocycles. The zero-order chi connectivity index (χ0) is 11.4. The van der Waals surface area contributed by atoms with Crippen LogP contribution in [0.4, 0.5) is 0 Å². The van der Waals surface area contributed by atoms with Gasteiger partial charge in [0.15, 0.2) is 5.82 Å². The molecule has 82 valence electrons. The number of aryl methyl sites for hydroxylation is 1. The van der Waals surface area contributed by atoms with Crippen molar-refractivity contribution in [2.45, 2.75) is 13.3 Å². The SMILES string of the molecule is Cc1cc(CCN)nc(-c2cnccn2)n1. The minimum atomic E-state index is 0.580. The van der Waals surface area contributed by atoms with Gasteiger partial charge < -0.3 is 5.73 Å². The summed E-state index contributed by atoms with van der Waals surface area (Å²) in [4.78, 5) is 16.9. The first-order chi connectivity index (χ1) is 7.79. The van der Waals surface area contributed by atoms with E-state index in [1.54, 1.807) is 18.6 Å². The van der Waals surface area contributed by atoms with Crippen LogP contribution in [0, 0.1) is 6.92 Å². The first kappa shape index (κ1) is 10.6. The average molecular weight is 215 g/mol. The molecule has 2 aromatic rings. The van der Waals surface area contributed by atoms with Gasteiger partial charge in [-0.3, -0.25) is 4.98 Å². The van der Waals surface area contributed by atoms with Crippen LogP contribution in [0.2, 0.25) is 0 Å². The Labute approximate surface area is 93.8 Å². The van der Waals surface area contributed by atoms with Crippen molar-refractivity contribution >= 4 is 0 Å². The van der Waals surface area contributed by atoms with E-state index in [0.717, 1.165) is 17.8 Å². The minimum Gasteiger partial charge on any atom is -0.330 e. The molecule has 5 heteroatoms. The Morgan fingerprint density at radius 3 is 2.81 bits per heavy atom. The maximum Gasteiger partial charge on any atom is 0.180 e. The fraction of sp³-hybridized carbons (Fsp3) is 0.273. The third-order valence-corrected chi connectivity index (χ3v) is 2.10. The molecular weight excluding hydrogens is 202 g/mol. The molecule has 0 radical (unpaired) electrons. The van der Waals surface area contributed by atoms with Gasteiger partial charge in [0.1, 0.15) is 5.69 Å². The molecule has 0 aromatic carbocycles. The van der Waals surface area contributed by atoms with Gasteiger partial charge in [0.2, 0.25) is 0 Å². The second-order valence-electron chi connectivity index (χ2n) is 3.45. The maximum absolute atomic E-state index is 5.51. The van der Waals surface area contributed by atoms with Gasteiger partial charge in [0.25, 0.3) is 0 Å². The summed E-state index contributed by atoms with van der Waals surface area (Å²) < 4.78 is 0. The zero-order valence-electron chi connectivity index (χ0n) is 9.09. The number of aromatic nitrogens is 4. The summed E-state index contributed by atoms with van der Waals surface area (Å²) in [5, 5.41) is 0. The molecule has 0 aliphatic heterocycles. The molecule has 5 nitrogen and oxygen atoms in total. The molecular formula is C11H13N5. The van der Waals surface area contributed by atoms with E-state index in [1.807, 2.05) is 13.0 Å². The van der Waals surface area contributed by atoms with Crippen molar-refractivity contribution in [3.63, 3.8) is 0 Å². The molecule has 0 aliphatic rings. The Balaban J connectivity index is 2.41. The van der Waals surface area contributed by atoms with E-state index >= 15 is 0 Å². The molecule has 0 fully saturated rings. The summed E-state index contributed by atoms with van der Waals surface area (Å²) in [5.41, 5.74) is 8.05. The molecule has 0 spiro atoms. The van der Waals surface area contributed by atoms with E-state index in [9.17, 15) is 0 Å². The molecule has 2 heterocycles. The van der Waals surface area contributed by atoms with Gasteiger partial charge in [-0.05, 0) is 19.5 Å². The van der Waals surface area contributed by atoms with Gasteiger partial charge >= 0.3 is 0 Å². The molecule has 0 amide bonds. The Kier molecular flexibility index (Phi) is 3.16. The highest BCUT2D eigenvalue weighted by Crippen LogP contribution is 2.11. The molecule has 2 N–H and O–H groups in total. The predicted octanol–water partition coefficient (Wildman–Crippen LogP) is 0.743. The Morgan fingerprint density at radius 1 is 1.25 bits per heavy atom. The van der Waals surface area contributed by atoms with Crippen molar-refractivity contribution < 1.29 is 0 Å². The van der Waals surface area contributed by atoms with Gasteiger partial charge in [-0.15, -0.1) is 0 Å². The number of hydrogen-bond donors (Lipinski definition) is 1. The monoisotopic (exact) mass is 215 g/mol. The van der Waals surface area contributed by atoms with Gasteiger partial charge in [-0.25, -0.2) is 15.0 Å². The van der Waals surface area contributed by atoms with Crippen LogP contribution in [-0.2, 0) is 6.42 Å². The van der Waals surface area contributed by atoms with Crippen molar-refractivity contribution in [1.82, 2.24) is 19.9 Å². The summed E-state index contributed by atoms with van der Waals surface area (Å²) in [5.74, 6) is 0.608. The lowest BCUT2D eigenvalue weighted by atomic mass is 10.2. The Bertz CT molecular complexity index is 469. The zero-order valence-corrected chi connectivity index (χ0v) is 9.09. The van der Waals surface area contributed by atoms with Crippen LogP contribution in [0.25, 0.3) is 11.5 Å². The Morgan fingerprint density at radius 2 is 2.12 bits per heavy atom. The number of nitrogens with zero attached hydrogens (tertiary/aromatic N) is 4. The summed E-state index contributed by atoms with van der Waals surface area (Å²) in [6.07, 6.45) is 5.65. The highest BCUT2D eigenvalue weighted by atomic mass is 14.9. The molecule has 0 unspecified atom stereocenters.